The third-order valence-corrected chi connectivity index (χ3v) is 6.92. The van der Waals surface area contributed by atoms with E-state index < -0.39 is 16.1 Å². The molecule has 2 aliphatic rings. The molecule has 1 saturated heterocycles. The number of anilines is 2. The maximum Gasteiger partial charge on any atom is 0.262 e. The Hall–Kier alpha value is -2.91. The summed E-state index contributed by atoms with van der Waals surface area (Å²) < 4.78 is 32.9. The number of rotatable bonds is 4. The van der Waals surface area contributed by atoms with Crippen molar-refractivity contribution in [2.45, 2.75) is 30.7 Å². The molecule has 1 fully saturated rings. The lowest BCUT2D eigenvalue weighted by Gasteiger charge is -2.24. The summed E-state index contributed by atoms with van der Waals surface area (Å²) in [4.78, 5) is 24.3. The van der Waals surface area contributed by atoms with Crippen LogP contribution in [0.5, 0.6) is 5.75 Å². The maximum absolute atomic E-state index is 13.2. The molecule has 0 bridgehead atoms. The highest BCUT2D eigenvalue weighted by molar-refractivity contribution is 7.89. The van der Waals surface area contributed by atoms with E-state index in [0.29, 0.717) is 30.0 Å². The van der Waals surface area contributed by atoms with E-state index in [-0.39, 0.29) is 29.9 Å². The van der Waals surface area contributed by atoms with Gasteiger partial charge in [-0.3, -0.25) is 9.59 Å². The number of aryl methyl sites for hydroxylation is 1. The minimum Gasteiger partial charge on any atom is -0.482 e. The Labute approximate surface area is 168 Å². The quantitative estimate of drug-likeness (QED) is 0.796. The fourth-order valence-corrected chi connectivity index (χ4v) is 5.19. The van der Waals surface area contributed by atoms with Gasteiger partial charge >= 0.3 is 0 Å². The first-order valence-corrected chi connectivity index (χ1v) is 10.7. The van der Waals surface area contributed by atoms with Crippen LogP contribution in [0, 0.1) is 6.92 Å². The molecule has 9 heteroatoms. The van der Waals surface area contributed by atoms with Crippen molar-refractivity contribution in [1.29, 1.82) is 0 Å². The monoisotopic (exact) mass is 415 g/mol. The van der Waals surface area contributed by atoms with Crippen LogP contribution in [0.2, 0.25) is 0 Å². The molecule has 1 atom stereocenters. The van der Waals surface area contributed by atoms with Crippen molar-refractivity contribution >= 4 is 33.2 Å². The van der Waals surface area contributed by atoms with Gasteiger partial charge in [-0.1, -0.05) is 17.7 Å². The average molecular weight is 415 g/mol. The Morgan fingerprint density at radius 1 is 1.21 bits per heavy atom. The highest BCUT2D eigenvalue weighted by atomic mass is 32.2. The van der Waals surface area contributed by atoms with E-state index in [4.69, 9.17) is 4.74 Å². The molecule has 0 aromatic heterocycles. The Morgan fingerprint density at radius 3 is 2.72 bits per heavy atom. The number of hydrogen-bond acceptors (Lipinski definition) is 5. The van der Waals surface area contributed by atoms with E-state index in [9.17, 15) is 18.0 Å². The molecule has 4 rings (SSSR count). The second-order valence-electron chi connectivity index (χ2n) is 7.12. The van der Waals surface area contributed by atoms with Gasteiger partial charge < -0.3 is 15.4 Å². The van der Waals surface area contributed by atoms with Gasteiger partial charge in [-0.05, 0) is 50.1 Å². The summed E-state index contributed by atoms with van der Waals surface area (Å²) in [6, 6.07) is 10.8. The van der Waals surface area contributed by atoms with E-state index in [2.05, 4.69) is 10.6 Å². The average Bonchev–Trinajstić information content (AvgIpc) is 3.20. The van der Waals surface area contributed by atoms with Gasteiger partial charge in [0.05, 0.1) is 10.6 Å². The third kappa shape index (κ3) is 3.83. The molecule has 2 heterocycles. The molecule has 152 valence electrons. The number of ether oxygens (including phenoxy) is 1. The summed E-state index contributed by atoms with van der Waals surface area (Å²) >= 11 is 0. The fraction of sp³-hybridized carbons (Fsp3) is 0.300. The van der Waals surface area contributed by atoms with Crippen molar-refractivity contribution in [2.75, 3.05) is 23.8 Å². The van der Waals surface area contributed by atoms with Crippen LogP contribution in [0.3, 0.4) is 0 Å². The number of amides is 2. The van der Waals surface area contributed by atoms with E-state index in [1.54, 1.807) is 12.1 Å². The molecule has 2 aromatic carbocycles. The molecule has 2 amide bonds. The zero-order valence-electron chi connectivity index (χ0n) is 15.8. The zero-order valence-corrected chi connectivity index (χ0v) is 16.7. The van der Waals surface area contributed by atoms with Gasteiger partial charge in [0.2, 0.25) is 15.9 Å². The van der Waals surface area contributed by atoms with Gasteiger partial charge in [-0.15, -0.1) is 0 Å². The van der Waals surface area contributed by atoms with Crippen molar-refractivity contribution in [3.63, 3.8) is 0 Å². The fourth-order valence-electron chi connectivity index (χ4n) is 3.51. The number of fused-ring (bicyclic) bond motifs is 1. The molecule has 2 aromatic rings. The first-order chi connectivity index (χ1) is 13.8. The normalized spacial score (nSPS) is 19.2. The molecule has 2 N–H and O–H groups in total. The van der Waals surface area contributed by atoms with Crippen molar-refractivity contribution in [2.24, 2.45) is 0 Å². The van der Waals surface area contributed by atoms with Crippen LogP contribution >= 0.6 is 0 Å². The SMILES string of the molecule is Cc1ccc(NC(=O)[C@@H]2CCCN2S(=O)(=O)c2ccc3c(c2)NC(=O)CO3)cc1. The second-order valence-corrected chi connectivity index (χ2v) is 9.01. The molecule has 0 unspecified atom stereocenters. The number of carbonyl (C=O) groups excluding carboxylic acids is 2. The molecule has 0 saturated carbocycles. The van der Waals surface area contributed by atoms with Crippen molar-refractivity contribution in [3.05, 3.63) is 48.0 Å². The van der Waals surface area contributed by atoms with Crippen LogP contribution in [0.25, 0.3) is 0 Å². The first-order valence-electron chi connectivity index (χ1n) is 9.31. The summed E-state index contributed by atoms with van der Waals surface area (Å²) in [7, 11) is -3.92. The summed E-state index contributed by atoms with van der Waals surface area (Å²) in [5.74, 6) is -0.285. The zero-order chi connectivity index (χ0) is 20.6. The lowest BCUT2D eigenvalue weighted by Crippen LogP contribution is -2.43. The van der Waals surface area contributed by atoms with Gasteiger partial charge in [-0.25, -0.2) is 8.42 Å². The standard InChI is InChI=1S/C20H21N3O5S/c1-13-4-6-14(7-5-13)21-20(25)17-3-2-10-23(17)29(26,27)15-8-9-18-16(11-15)22-19(24)12-28-18/h4-9,11,17H,2-3,10,12H2,1H3,(H,21,25)(H,22,24)/t17-/m0/s1. The van der Waals surface area contributed by atoms with Gasteiger partial charge in [0.15, 0.2) is 6.61 Å². The highest BCUT2D eigenvalue weighted by Crippen LogP contribution is 2.33. The van der Waals surface area contributed by atoms with Crippen LogP contribution < -0.4 is 15.4 Å². The van der Waals surface area contributed by atoms with Gasteiger partial charge in [0, 0.05) is 12.2 Å². The smallest absolute Gasteiger partial charge is 0.262 e. The van der Waals surface area contributed by atoms with E-state index in [0.717, 1.165) is 5.56 Å². The number of benzene rings is 2. The highest BCUT2D eigenvalue weighted by Gasteiger charge is 2.39. The van der Waals surface area contributed by atoms with E-state index >= 15 is 0 Å². The van der Waals surface area contributed by atoms with Gasteiger partial charge in [-0.2, -0.15) is 4.31 Å². The molecule has 0 aliphatic carbocycles. The predicted molar refractivity (Wildman–Crippen MR) is 107 cm³/mol. The molecule has 8 nitrogen and oxygen atoms in total. The summed E-state index contributed by atoms with van der Waals surface area (Å²) in [5, 5.41) is 5.41. The minimum atomic E-state index is -3.92. The van der Waals surface area contributed by atoms with Crippen molar-refractivity contribution < 1.29 is 22.7 Å². The lowest BCUT2D eigenvalue weighted by atomic mass is 10.2. The van der Waals surface area contributed by atoms with Crippen LogP contribution in [0.1, 0.15) is 18.4 Å². The topological polar surface area (TPSA) is 105 Å². The number of nitrogens with one attached hydrogen (secondary N) is 2. The largest absolute Gasteiger partial charge is 0.482 e. The number of hydrogen-bond donors (Lipinski definition) is 2. The first kappa shape index (κ1) is 19.4. The Morgan fingerprint density at radius 2 is 1.97 bits per heavy atom. The predicted octanol–water partition coefficient (Wildman–Crippen LogP) is 2.12. The van der Waals surface area contributed by atoms with Crippen molar-refractivity contribution in [3.8, 4) is 5.75 Å². The summed E-state index contributed by atoms with van der Waals surface area (Å²) in [5.41, 5.74) is 2.00. The van der Waals surface area contributed by atoms with E-state index in [1.165, 1.54) is 22.5 Å². The van der Waals surface area contributed by atoms with Gasteiger partial charge in [0.1, 0.15) is 11.8 Å². The van der Waals surface area contributed by atoms with Crippen LogP contribution in [-0.2, 0) is 19.6 Å². The molecule has 0 spiro atoms. The lowest BCUT2D eigenvalue weighted by molar-refractivity contribution is -0.119. The van der Waals surface area contributed by atoms with Crippen LogP contribution in [0.4, 0.5) is 11.4 Å². The summed E-state index contributed by atoms with van der Waals surface area (Å²) in [6.45, 7) is 2.10. The van der Waals surface area contributed by atoms with Crippen molar-refractivity contribution in [1.82, 2.24) is 4.31 Å². The maximum atomic E-state index is 13.2. The Bertz CT molecular complexity index is 1070. The molecule has 2 aliphatic heterocycles. The summed E-state index contributed by atoms with van der Waals surface area (Å²) in [6.07, 6.45) is 1.04. The van der Waals surface area contributed by atoms with E-state index in [1.807, 2.05) is 19.1 Å². The molecule has 29 heavy (non-hydrogen) atoms. The van der Waals surface area contributed by atoms with Gasteiger partial charge in [0.25, 0.3) is 5.91 Å². The third-order valence-electron chi connectivity index (χ3n) is 5.02. The molecular formula is C20H21N3O5S. The molecular weight excluding hydrogens is 394 g/mol. The number of nitrogens with zero attached hydrogens (tertiary/aromatic N) is 1. The van der Waals surface area contributed by atoms with Crippen LogP contribution in [-0.4, -0.2) is 43.7 Å². The Balaban J connectivity index is 1.57. The second kappa shape index (κ2) is 7.49. The minimum absolute atomic E-state index is 0.0112. The van der Waals surface area contributed by atoms with Crippen LogP contribution in [0.15, 0.2) is 47.4 Å². The number of carbonyl (C=O) groups is 2. The Kier molecular flexibility index (Phi) is 5.01. The number of sulfonamides is 1. The molecule has 0 radical (unpaired) electrons.